The molecule has 0 aromatic heterocycles. The van der Waals surface area contributed by atoms with E-state index in [0.717, 1.165) is 12.8 Å². The monoisotopic (exact) mass is 394 g/mol. The van der Waals surface area contributed by atoms with Crippen LogP contribution in [0.5, 0.6) is 0 Å². The van der Waals surface area contributed by atoms with Crippen LogP contribution in [0.2, 0.25) is 0 Å². The number of aromatic carboxylic acids is 1. The van der Waals surface area contributed by atoms with Gasteiger partial charge >= 0.3 is 5.97 Å². The van der Waals surface area contributed by atoms with Crippen LogP contribution in [-0.2, 0) is 15.3 Å². The van der Waals surface area contributed by atoms with Crippen LogP contribution in [0.4, 0.5) is 0 Å². The molecule has 1 saturated heterocycles. The maximum atomic E-state index is 11.2. The molecule has 0 radical (unpaired) electrons. The summed E-state index contributed by atoms with van der Waals surface area (Å²) in [6.07, 6.45) is 13.3. The van der Waals surface area contributed by atoms with Crippen LogP contribution in [0.25, 0.3) is 0 Å². The molecule has 2 aliphatic rings. The summed E-state index contributed by atoms with van der Waals surface area (Å²) in [5.41, 5.74) is 3.27. The van der Waals surface area contributed by atoms with Crippen LogP contribution in [0.1, 0.15) is 62.9 Å². The lowest BCUT2D eigenvalue weighted by Gasteiger charge is -2.42. The van der Waals surface area contributed by atoms with E-state index >= 15 is 0 Å². The summed E-state index contributed by atoms with van der Waals surface area (Å²) in [5, 5.41) is 9.17. The third kappa shape index (κ3) is 4.32. The van der Waals surface area contributed by atoms with Gasteiger partial charge in [-0.1, -0.05) is 57.4 Å². The first-order chi connectivity index (χ1) is 13.6. The maximum absolute atomic E-state index is 11.2. The van der Waals surface area contributed by atoms with Crippen molar-refractivity contribution >= 4 is 5.97 Å². The number of terminal acetylenes is 1. The van der Waals surface area contributed by atoms with E-state index in [-0.39, 0.29) is 16.4 Å². The van der Waals surface area contributed by atoms with Crippen molar-refractivity contribution in [1.82, 2.24) is 0 Å². The summed E-state index contributed by atoms with van der Waals surface area (Å²) in [6.45, 7) is 10.0. The quantitative estimate of drug-likeness (QED) is 0.704. The van der Waals surface area contributed by atoms with Gasteiger partial charge < -0.3 is 14.6 Å². The molecule has 154 valence electrons. The molecule has 0 unspecified atom stereocenters. The maximum Gasteiger partial charge on any atom is 0.335 e. The molecule has 1 aromatic rings. The number of hydrogen-bond donors (Lipinski definition) is 1. The van der Waals surface area contributed by atoms with E-state index in [4.69, 9.17) is 21.0 Å². The predicted molar refractivity (Wildman–Crippen MR) is 113 cm³/mol. The Hall–Kier alpha value is -2.35. The zero-order chi connectivity index (χ0) is 21.3. The van der Waals surface area contributed by atoms with Crippen molar-refractivity contribution in [1.29, 1.82) is 0 Å². The summed E-state index contributed by atoms with van der Waals surface area (Å²) >= 11 is 0. The first kappa shape index (κ1) is 21.4. The third-order valence-corrected chi connectivity index (χ3v) is 6.13. The fourth-order valence-corrected chi connectivity index (χ4v) is 4.10. The van der Waals surface area contributed by atoms with Crippen LogP contribution in [-0.4, -0.2) is 24.3 Å². The van der Waals surface area contributed by atoms with Crippen molar-refractivity contribution in [3.8, 4) is 12.3 Å². The third-order valence-electron chi connectivity index (χ3n) is 6.13. The van der Waals surface area contributed by atoms with Gasteiger partial charge in [0.05, 0.1) is 24.4 Å². The highest BCUT2D eigenvalue weighted by Crippen LogP contribution is 2.48. The van der Waals surface area contributed by atoms with Gasteiger partial charge in [-0.05, 0) is 48.3 Å². The van der Waals surface area contributed by atoms with Crippen molar-refractivity contribution in [2.45, 2.75) is 52.7 Å². The van der Waals surface area contributed by atoms with Crippen LogP contribution >= 0.6 is 0 Å². The molecular formula is C25H30O4. The highest BCUT2D eigenvalue weighted by atomic mass is 16.7. The minimum atomic E-state index is -1.17. The van der Waals surface area contributed by atoms with Crippen LogP contribution in [0.15, 0.2) is 47.6 Å². The fraction of sp³-hybridized carbons (Fsp3) is 0.480. The zero-order valence-electron chi connectivity index (χ0n) is 17.7. The van der Waals surface area contributed by atoms with Crippen LogP contribution in [0, 0.1) is 23.2 Å². The largest absolute Gasteiger partial charge is 0.478 e. The molecule has 0 atom stereocenters. The average molecular weight is 395 g/mol. The van der Waals surface area contributed by atoms with E-state index in [1.807, 2.05) is 6.08 Å². The molecule has 1 aliphatic carbocycles. The molecule has 3 rings (SSSR count). The topological polar surface area (TPSA) is 55.8 Å². The van der Waals surface area contributed by atoms with Gasteiger partial charge in [-0.15, -0.1) is 6.42 Å². The molecule has 1 N–H and O–H groups in total. The fourth-order valence-electron chi connectivity index (χ4n) is 4.10. The molecule has 1 aromatic carbocycles. The lowest BCUT2D eigenvalue weighted by molar-refractivity contribution is -0.129. The lowest BCUT2D eigenvalue weighted by atomic mass is 9.64. The normalized spacial score (nSPS) is 24.2. The molecule has 0 bridgehead atoms. The van der Waals surface area contributed by atoms with Crippen molar-refractivity contribution in [2.75, 3.05) is 13.2 Å². The molecule has 4 nitrogen and oxygen atoms in total. The molecular weight excluding hydrogens is 364 g/mol. The highest BCUT2D eigenvalue weighted by Gasteiger charge is 2.42. The Labute approximate surface area is 173 Å². The van der Waals surface area contributed by atoms with E-state index in [1.54, 1.807) is 24.3 Å². The van der Waals surface area contributed by atoms with E-state index in [1.165, 1.54) is 12.0 Å². The zero-order valence-corrected chi connectivity index (χ0v) is 17.7. The molecule has 1 heterocycles. The Morgan fingerprint density at radius 3 is 2.28 bits per heavy atom. The Bertz CT molecular complexity index is 872. The summed E-state index contributed by atoms with van der Waals surface area (Å²) in [6, 6.07) is 6.51. The number of carboxylic acid groups (broad SMARTS) is 1. The van der Waals surface area contributed by atoms with Gasteiger partial charge in [0, 0.05) is 5.56 Å². The number of carboxylic acids is 1. The number of rotatable bonds is 4. The number of benzene rings is 1. The molecule has 0 spiro atoms. The van der Waals surface area contributed by atoms with Crippen LogP contribution in [0.3, 0.4) is 0 Å². The van der Waals surface area contributed by atoms with E-state index in [9.17, 15) is 4.79 Å². The Morgan fingerprint density at radius 2 is 1.72 bits per heavy atom. The van der Waals surface area contributed by atoms with Crippen molar-refractivity contribution in [3.05, 3.63) is 58.7 Å². The van der Waals surface area contributed by atoms with Gasteiger partial charge in [-0.25, -0.2) is 4.79 Å². The second-order valence-corrected chi connectivity index (χ2v) is 9.34. The summed E-state index contributed by atoms with van der Waals surface area (Å²) < 4.78 is 12.0. The van der Waals surface area contributed by atoms with Gasteiger partial charge in [-0.2, -0.15) is 0 Å². The first-order valence-electron chi connectivity index (χ1n) is 10.1. The SMILES string of the molecule is C#C/C(=C\C=C1/CC(C)(C)CCC1(C)C)C1(c2ccc(C(=O)O)cc2)OCCO1. The summed E-state index contributed by atoms with van der Waals surface area (Å²) in [5.74, 6) is 0.615. The Kier molecular flexibility index (Phi) is 5.76. The van der Waals surface area contributed by atoms with Gasteiger partial charge in [-0.3, -0.25) is 0 Å². The summed E-state index contributed by atoms with van der Waals surface area (Å²) in [4.78, 5) is 11.2. The van der Waals surface area contributed by atoms with Gasteiger partial charge in [0.1, 0.15) is 0 Å². The van der Waals surface area contributed by atoms with Crippen molar-refractivity contribution in [2.24, 2.45) is 10.8 Å². The van der Waals surface area contributed by atoms with E-state index < -0.39 is 11.8 Å². The molecule has 1 saturated carbocycles. The molecule has 2 fully saturated rings. The van der Waals surface area contributed by atoms with Crippen molar-refractivity contribution in [3.63, 3.8) is 0 Å². The van der Waals surface area contributed by atoms with Crippen LogP contribution < -0.4 is 0 Å². The standard InChI is InChI=1S/C25H30O4/c1-6-19(11-12-21-17-23(2,3)13-14-24(21,4)5)25(28-15-16-29-25)20-9-7-18(8-10-20)22(26)27/h1,7-12H,13-17H2,2-5H3,(H,26,27)/b19-11+,21-12+. The Balaban J connectivity index is 2.01. The molecule has 29 heavy (non-hydrogen) atoms. The number of hydrogen-bond acceptors (Lipinski definition) is 3. The molecule has 4 heteroatoms. The lowest BCUT2D eigenvalue weighted by Crippen LogP contribution is -2.30. The predicted octanol–water partition coefficient (Wildman–Crippen LogP) is 5.31. The van der Waals surface area contributed by atoms with Crippen molar-refractivity contribution < 1.29 is 19.4 Å². The minimum Gasteiger partial charge on any atom is -0.478 e. The second-order valence-electron chi connectivity index (χ2n) is 9.34. The Morgan fingerprint density at radius 1 is 1.10 bits per heavy atom. The van der Waals surface area contributed by atoms with Gasteiger partial charge in [0.2, 0.25) is 5.79 Å². The number of carbonyl (C=O) groups is 1. The van der Waals surface area contributed by atoms with Gasteiger partial charge in [0.25, 0.3) is 0 Å². The number of allylic oxidation sites excluding steroid dienone is 3. The average Bonchev–Trinajstić information content (AvgIpc) is 3.16. The smallest absolute Gasteiger partial charge is 0.335 e. The molecule has 1 aliphatic heterocycles. The van der Waals surface area contributed by atoms with Gasteiger partial charge in [0.15, 0.2) is 0 Å². The van der Waals surface area contributed by atoms with E-state index in [0.29, 0.717) is 24.4 Å². The highest BCUT2D eigenvalue weighted by molar-refractivity contribution is 5.87. The first-order valence-corrected chi connectivity index (χ1v) is 10.1. The number of ether oxygens (including phenoxy) is 2. The minimum absolute atomic E-state index is 0.124. The van der Waals surface area contributed by atoms with E-state index in [2.05, 4.69) is 39.7 Å². The molecule has 0 amide bonds. The second kappa shape index (κ2) is 7.82. The summed E-state index contributed by atoms with van der Waals surface area (Å²) in [7, 11) is 0.